The van der Waals surface area contributed by atoms with Crippen molar-refractivity contribution in [3.63, 3.8) is 0 Å². The van der Waals surface area contributed by atoms with Crippen LogP contribution in [0.2, 0.25) is 0 Å². The lowest BCUT2D eigenvalue weighted by atomic mass is 10.2. The second-order valence-corrected chi connectivity index (χ2v) is 3.35. The van der Waals surface area contributed by atoms with Gasteiger partial charge < -0.3 is 10.1 Å². The highest BCUT2D eigenvalue weighted by molar-refractivity contribution is 6.19. The summed E-state index contributed by atoms with van der Waals surface area (Å²) in [6, 6.07) is -0.617. The molecule has 0 aromatic heterocycles. The Labute approximate surface area is 88.9 Å². The maximum Gasteiger partial charge on any atom is 0.328 e. The summed E-state index contributed by atoms with van der Waals surface area (Å²) in [5, 5.41) is 2.52. The Balaban J connectivity index is 3.99. The number of alkyl halides is 1. The van der Waals surface area contributed by atoms with Gasteiger partial charge in [-0.05, 0) is 13.8 Å². The molecule has 4 nitrogen and oxygen atoms in total. The predicted molar refractivity (Wildman–Crippen MR) is 54.1 cm³/mol. The van der Waals surface area contributed by atoms with Crippen molar-refractivity contribution in [1.29, 1.82) is 0 Å². The minimum Gasteiger partial charge on any atom is -0.464 e. The van der Waals surface area contributed by atoms with Gasteiger partial charge in [0.2, 0.25) is 5.91 Å². The summed E-state index contributed by atoms with van der Waals surface area (Å²) < 4.78 is 4.73. The molecule has 1 amide bonds. The largest absolute Gasteiger partial charge is 0.464 e. The number of carbonyl (C=O) groups is 2. The van der Waals surface area contributed by atoms with Crippen molar-refractivity contribution < 1.29 is 14.3 Å². The number of esters is 1. The highest BCUT2D eigenvalue weighted by atomic mass is 35.5. The average Bonchev–Trinajstić information content (AvgIpc) is 2.16. The summed E-state index contributed by atoms with van der Waals surface area (Å²) in [5.74, 6) is -0.724. The Bertz CT molecular complexity index is 208. The van der Waals surface area contributed by atoms with Crippen LogP contribution in [0.15, 0.2) is 0 Å². The zero-order valence-corrected chi connectivity index (χ0v) is 9.43. The van der Waals surface area contributed by atoms with Gasteiger partial charge in [-0.15, -0.1) is 11.6 Å². The number of ether oxygens (including phenoxy) is 1. The molecule has 0 heterocycles. The number of hydrogen-bond donors (Lipinski definition) is 1. The third kappa shape index (κ3) is 4.46. The van der Waals surface area contributed by atoms with Gasteiger partial charge in [0, 0.05) is 11.8 Å². The SMILES string of the molecule is CCOC(=O)C(C)NC(=O)C(C)CCl. The van der Waals surface area contributed by atoms with Gasteiger partial charge in [0.25, 0.3) is 0 Å². The molecular weight excluding hydrogens is 206 g/mol. The fourth-order valence-corrected chi connectivity index (χ4v) is 0.892. The van der Waals surface area contributed by atoms with Gasteiger partial charge in [-0.2, -0.15) is 0 Å². The van der Waals surface area contributed by atoms with Gasteiger partial charge in [-0.25, -0.2) is 4.79 Å². The summed E-state index contributed by atoms with van der Waals surface area (Å²) in [6.07, 6.45) is 0. The number of amides is 1. The molecule has 0 spiro atoms. The van der Waals surface area contributed by atoms with Crippen LogP contribution in [-0.2, 0) is 14.3 Å². The fourth-order valence-electron chi connectivity index (χ4n) is 0.752. The molecule has 0 aliphatic carbocycles. The third-order valence-corrected chi connectivity index (χ3v) is 2.14. The van der Waals surface area contributed by atoms with Gasteiger partial charge in [-0.3, -0.25) is 4.79 Å². The molecular formula is C9H16ClNO3. The molecule has 5 heteroatoms. The van der Waals surface area contributed by atoms with Gasteiger partial charge >= 0.3 is 5.97 Å². The van der Waals surface area contributed by atoms with E-state index in [0.29, 0.717) is 6.61 Å². The first-order valence-electron chi connectivity index (χ1n) is 4.55. The van der Waals surface area contributed by atoms with Crippen molar-refractivity contribution in [2.45, 2.75) is 26.8 Å². The Morgan fingerprint density at radius 3 is 2.43 bits per heavy atom. The van der Waals surface area contributed by atoms with Crippen molar-refractivity contribution in [2.24, 2.45) is 5.92 Å². The Hall–Kier alpha value is -0.770. The second-order valence-electron chi connectivity index (χ2n) is 3.04. The van der Waals surface area contributed by atoms with E-state index in [4.69, 9.17) is 16.3 Å². The summed E-state index contributed by atoms with van der Waals surface area (Å²) in [7, 11) is 0. The molecule has 0 rings (SSSR count). The van der Waals surface area contributed by atoms with Crippen LogP contribution in [0, 0.1) is 5.92 Å². The standard InChI is InChI=1S/C9H16ClNO3/c1-4-14-9(13)7(3)11-8(12)6(2)5-10/h6-7H,4-5H2,1-3H3,(H,11,12). The van der Waals surface area contributed by atoms with E-state index in [1.165, 1.54) is 0 Å². The van der Waals surface area contributed by atoms with Crippen molar-refractivity contribution in [3.8, 4) is 0 Å². The maximum absolute atomic E-state index is 11.3. The lowest BCUT2D eigenvalue weighted by molar-refractivity contribution is -0.147. The monoisotopic (exact) mass is 221 g/mol. The van der Waals surface area contributed by atoms with E-state index < -0.39 is 12.0 Å². The normalized spacial score (nSPS) is 14.3. The topological polar surface area (TPSA) is 55.4 Å². The van der Waals surface area contributed by atoms with E-state index >= 15 is 0 Å². The van der Waals surface area contributed by atoms with Crippen molar-refractivity contribution >= 4 is 23.5 Å². The smallest absolute Gasteiger partial charge is 0.328 e. The number of nitrogens with one attached hydrogen (secondary N) is 1. The van der Waals surface area contributed by atoms with Crippen LogP contribution in [0.4, 0.5) is 0 Å². The molecule has 2 unspecified atom stereocenters. The average molecular weight is 222 g/mol. The molecule has 82 valence electrons. The molecule has 0 aliphatic heterocycles. The molecule has 14 heavy (non-hydrogen) atoms. The lowest BCUT2D eigenvalue weighted by Gasteiger charge is -2.14. The van der Waals surface area contributed by atoms with Crippen molar-refractivity contribution in [2.75, 3.05) is 12.5 Å². The summed E-state index contributed by atoms with van der Waals surface area (Å²) >= 11 is 5.49. The quantitative estimate of drug-likeness (QED) is 0.555. The van der Waals surface area contributed by atoms with Gasteiger partial charge in [0.05, 0.1) is 6.61 Å². The van der Waals surface area contributed by atoms with E-state index in [2.05, 4.69) is 5.32 Å². The molecule has 0 saturated heterocycles. The van der Waals surface area contributed by atoms with Gasteiger partial charge in [0.1, 0.15) is 6.04 Å². The predicted octanol–water partition coefficient (Wildman–Crippen LogP) is 0.929. The summed E-state index contributed by atoms with van der Waals surface area (Å²) in [6.45, 7) is 5.30. The zero-order valence-electron chi connectivity index (χ0n) is 8.67. The Morgan fingerprint density at radius 2 is 2.00 bits per heavy atom. The highest BCUT2D eigenvalue weighted by Crippen LogP contribution is 1.99. The molecule has 0 aromatic carbocycles. The molecule has 0 bridgehead atoms. The van der Waals surface area contributed by atoms with Crippen LogP contribution in [0.3, 0.4) is 0 Å². The van der Waals surface area contributed by atoms with Crippen molar-refractivity contribution in [3.05, 3.63) is 0 Å². The van der Waals surface area contributed by atoms with Gasteiger partial charge in [-0.1, -0.05) is 6.92 Å². The summed E-state index contributed by atoms with van der Waals surface area (Å²) in [4.78, 5) is 22.4. The molecule has 0 aliphatic rings. The van der Waals surface area contributed by atoms with E-state index in [9.17, 15) is 9.59 Å². The Kier molecular flexibility index (Phi) is 6.28. The highest BCUT2D eigenvalue weighted by Gasteiger charge is 2.19. The molecule has 1 N–H and O–H groups in total. The number of hydrogen-bond acceptors (Lipinski definition) is 3. The number of carbonyl (C=O) groups excluding carboxylic acids is 2. The van der Waals surface area contributed by atoms with Crippen LogP contribution in [-0.4, -0.2) is 30.4 Å². The summed E-state index contributed by atoms with van der Waals surface area (Å²) in [5.41, 5.74) is 0. The van der Waals surface area contributed by atoms with E-state index in [1.54, 1.807) is 20.8 Å². The second kappa shape index (κ2) is 6.65. The van der Waals surface area contributed by atoms with E-state index in [0.717, 1.165) is 0 Å². The molecule has 0 aromatic rings. The van der Waals surface area contributed by atoms with E-state index in [-0.39, 0.29) is 17.7 Å². The van der Waals surface area contributed by atoms with Crippen LogP contribution < -0.4 is 5.32 Å². The van der Waals surface area contributed by atoms with Crippen LogP contribution in [0.25, 0.3) is 0 Å². The first kappa shape index (κ1) is 13.2. The Morgan fingerprint density at radius 1 is 1.43 bits per heavy atom. The maximum atomic E-state index is 11.3. The number of rotatable bonds is 5. The molecule has 2 atom stereocenters. The molecule has 0 radical (unpaired) electrons. The number of halogens is 1. The van der Waals surface area contributed by atoms with Gasteiger partial charge in [0.15, 0.2) is 0 Å². The third-order valence-electron chi connectivity index (χ3n) is 1.68. The van der Waals surface area contributed by atoms with E-state index in [1.807, 2.05) is 0 Å². The zero-order chi connectivity index (χ0) is 11.1. The van der Waals surface area contributed by atoms with Crippen LogP contribution >= 0.6 is 11.6 Å². The van der Waals surface area contributed by atoms with Crippen LogP contribution in [0.5, 0.6) is 0 Å². The first-order chi connectivity index (χ1) is 6.52. The van der Waals surface area contributed by atoms with Crippen molar-refractivity contribution in [1.82, 2.24) is 5.32 Å². The van der Waals surface area contributed by atoms with Crippen LogP contribution in [0.1, 0.15) is 20.8 Å². The molecule has 0 fully saturated rings. The first-order valence-corrected chi connectivity index (χ1v) is 5.09. The minimum absolute atomic E-state index is 0.236. The minimum atomic E-state index is -0.617. The lowest BCUT2D eigenvalue weighted by Crippen LogP contribution is -2.42. The molecule has 0 saturated carbocycles. The fraction of sp³-hybridized carbons (Fsp3) is 0.778.